The predicted molar refractivity (Wildman–Crippen MR) is 97.0 cm³/mol. The van der Waals surface area contributed by atoms with Crippen molar-refractivity contribution in [1.82, 2.24) is 14.9 Å². The highest BCUT2D eigenvalue weighted by atomic mass is 32.1. The predicted octanol–water partition coefficient (Wildman–Crippen LogP) is 3.67. The second kappa shape index (κ2) is 6.80. The molecule has 140 valence electrons. The number of alkyl halides is 3. The summed E-state index contributed by atoms with van der Waals surface area (Å²) >= 11 is 1.45. The minimum absolute atomic E-state index is 0.0467. The monoisotopic (exact) mass is 392 g/mol. The van der Waals surface area contributed by atoms with Crippen LogP contribution in [0.4, 0.5) is 19.0 Å². The molecule has 0 bridgehead atoms. The second-order valence-corrected chi connectivity index (χ2v) is 7.27. The molecule has 5 nitrogen and oxygen atoms in total. The van der Waals surface area contributed by atoms with Crippen molar-refractivity contribution >= 4 is 33.1 Å². The fourth-order valence-electron chi connectivity index (χ4n) is 3.06. The standard InChI is InChI=1S/C18H15F3N4OS/c19-18(20,21)15-10-16(23-11-22-15)24-5-7-25(8-6-24)17(26)14-9-12-3-1-2-4-13(12)27-14/h1-4,9-11H,5-8H2. The molecular formula is C18H15F3N4OS. The summed E-state index contributed by atoms with van der Waals surface area (Å²) in [7, 11) is 0. The molecule has 1 amide bonds. The minimum Gasteiger partial charge on any atom is -0.353 e. The number of aromatic nitrogens is 2. The number of anilines is 1. The number of carbonyl (C=O) groups excluding carboxylic acids is 1. The number of nitrogens with zero attached hydrogens (tertiary/aromatic N) is 4. The number of amides is 1. The lowest BCUT2D eigenvalue weighted by Crippen LogP contribution is -2.49. The van der Waals surface area contributed by atoms with Gasteiger partial charge in [0.05, 0.1) is 4.88 Å². The van der Waals surface area contributed by atoms with Gasteiger partial charge in [-0.3, -0.25) is 4.79 Å². The molecule has 0 spiro atoms. The molecular weight excluding hydrogens is 377 g/mol. The first kappa shape index (κ1) is 17.7. The summed E-state index contributed by atoms with van der Waals surface area (Å²) in [5, 5.41) is 1.03. The summed E-state index contributed by atoms with van der Waals surface area (Å²) in [6, 6.07) is 10.6. The molecule has 0 atom stereocenters. The van der Waals surface area contributed by atoms with Crippen LogP contribution in [0.1, 0.15) is 15.4 Å². The number of rotatable bonds is 2. The normalized spacial score (nSPS) is 15.4. The van der Waals surface area contributed by atoms with Crippen molar-refractivity contribution in [1.29, 1.82) is 0 Å². The average molecular weight is 392 g/mol. The lowest BCUT2D eigenvalue weighted by atomic mass is 10.2. The van der Waals surface area contributed by atoms with Gasteiger partial charge in [0.15, 0.2) is 0 Å². The summed E-state index contributed by atoms with van der Waals surface area (Å²) in [5.41, 5.74) is -0.962. The second-order valence-electron chi connectivity index (χ2n) is 6.19. The molecule has 0 radical (unpaired) electrons. The van der Waals surface area contributed by atoms with Crippen molar-refractivity contribution in [2.24, 2.45) is 0 Å². The van der Waals surface area contributed by atoms with Crippen molar-refractivity contribution in [3.8, 4) is 0 Å². The van der Waals surface area contributed by atoms with Gasteiger partial charge in [-0.05, 0) is 17.5 Å². The first-order chi connectivity index (χ1) is 12.9. The average Bonchev–Trinajstić information content (AvgIpc) is 3.11. The van der Waals surface area contributed by atoms with E-state index >= 15 is 0 Å². The van der Waals surface area contributed by atoms with E-state index in [2.05, 4.69) is 9.97 Å². The Morgan fingerprint density at radius 3 is 2.48 bits per heavy atom. The Morgan fingerprint density at radius 1 is 1.04 bits per heavy atom. The number of benzene rings is 1. The highest BCUT2D eigenvalue weighted by Gasteiger charge is 2.33. The van der Waals surface area contributed by atoms with Gasteiger partial charge >= 0.3 is 6.18 Å². The summed E-state index contributed by atoms with van der Waals surface area (Å²) < 4.78 is 39.5. The van der Waals surface area contributed by atoms with Crippen LogP contribution in [0.25, 0.3) is 10.1 Å². The molecule has 3 heterocycles. The van der Waals surface area contributed by atoms with E-state index in [-0.39, 0.29) is 11.7 Å². The third-order valence-corrected chi connectivity index (χ3v) is 5.57. The third kappa shape index (κ3) is 3.59. The van der Waals surface area contributed by atoms with E-state index in [1.54, 1.807) is 9.80 Å². The highest BCUT2D eigenvalue weighted by Crippen LogP contribution is 2.30. The van der Waals surface area contributed by atoms with E-state index in [9.17, 15) is 18.0 Å². The number of hydrogen-bond donors (Lipinski definition) is 0. The van der Waals surface area contributed by atoms with Gasteiger partial charge in [0.25, 0.3) is 5.91 Å². The van der Waals surface area contributed by atoms with Crippen LogP contribution >= 0.6 is 11.3 Å². The van der Waals surface area contributed by atoms with Crippen LogP contribution in [0, 0.1) is 0 Å². The first-order valence-electron chi connectivity index (χ1n) is 8.34. The summed E-state index contributed by atoms with van der Waals surface area (Å²) in [5.74, 6) is 0.181. The minimum atomic E-state index is -4.50. The van der Waals surface area contributed by atoms with Crippen LogP contribution in [0.3, 0.4) is 0 Å². The Bertz CT molecular complexity index is 947. The molecule has 1 fully saturated rings. The molecule has 4 rings (SSSR count). The molecule has 1 aliphatic heterocycles. The van der Waals surface area contributed by atoms with Crippen molar-refractivity contribution in [3.05, 3.63) is 53.3 Å². The molecule has 2 aromatic heterocycles. The molecule has 9 heteroatoms. The van der Waals surface area contributed by atoms with Crippen LogP contribution in [0.15, 0.2) is 42.7 Å². The fraction of sp³-hybridized carbons (Fsp3) is 0.278. The van der Waals surface area contributed by atoms with Gasteiger partial charge in [-0.15, -0.1) is 11.3 Å². The maximum absolute atomic E-state index is 12.8. The Kier molecular flexibility index (Phi) is 4.47. The lowest BCUT2D eigenvalue weighted by Gasteiger charge is -2.35. The molecule has 0 unspecified atom stereocenters. The van der Waals surface area contributed by atoms with Crippen LogP contribution in [0.2, 0.25) is 0 Å². The van der Waals surface area contributed by atoms with Gasteiger partial charge in [0.1, 0.15) is 17.8 Å². The molecule has 1 aromatic carbocycles. The number of carbonyl (C=O) groups is 1. The molecule has 1 aliphatic rings. The lowest BCUT2D eigenvalue weighted by molar-refractivity contribution is -0.141. The zero-order valence-electron chi connectivity index (χ0n) is 14.1. The van der Waals surface area contributed by atoms with Crippen LogP contribution in [0.5, 0.6) is 0 Å². The van der Waals surface area contributed by atoms with E-state index in [4.69, 9.17) is 0 Å². The molecule has 0 saturated carbocycles. The largest absolute Gasteiger partial charge is 0.433 e. The van der Waals surface area contributed by atoms with Crippen LogP contribution in [-0.4, -0.2) is 47.0 Å². The Labute approximate surface area is 157 Å². The molecule has 1 saturated heterocycles. The Hall–Kier alpha value is -2.68. The molecule has 0 aliphatic carbocycles. The summed E-state index contributed by atoms with van der Waals surface area (Å²) in [4.78, 5) is 24.1. The van der Waals surface area contributed by atoms with E-state index in [1.165, 1.54) is 11.3 Å². The van der Waals surface area contributed by atoms with Gasteiger partial charge in [-0.1, -0.05) is 18.2 Å². The van der Waals surface area contributed by atoms with Gasteiger partial charge < -0.3 is 9.80 Å². The SMILES string of the molecule is O=C(c1cc2ccccc2s1)N1CCN(c2cc(C(F)(F)F)ncn2)CC1. The van der Waals surface area contributed by atoms with Crippen molar-refractivity contribution in [3.63, 3.8) is 0 Å². The Morgan fingerprint density at radius 2 is 1.78 bits per heavy atom. The smallest absolute Gasteiger partial charge is 0.353 e. The van der Waals surface area contributed by atoms with Gasteiger partial charge in [0, 0.05) is 36.9 Å². The van der Waals surface area contributed by atoms with E-state index in [0.29, 0.717) is 31.1 Å². The number of piperazine rings is 1. The third-order valence-electron chi connectivity index (χ3n) is 4.47. The van der Waals surface area contributed by atoms with E-state index < -0.39 is 11.9 Å². The molecule has 27 heavy (non-hydrogen) atoms. The number of fused-ring (bicyclic) bond motifs is 1. The van der Waals surface area contributed by atoms with Crippen LogP contribution in [-0.2, 0) is 6.18 Å². The topological polar surface area (TPSA) is 49.3 Å². The summed E-state index contributed by atoms with van der Waals surface area (Å²) in [6.07, 6.45) is -3.58. The van der Waals surface area contributed by atoms with Crippen molar-refractivity contribution < 1.29 is 18.0 Å². The quantitative estimate of drug-likeness (QED) is 0.668. The zero-order chi connectivity index (χ0) is 19.0. The molecule has 0 N–H and O–H groups in total. The zero-order valence-corrected chi connectivity index (χ0v) is 14.9. The van der Waals surface area contributed by atoms with Crippen molar-refractivity contribution in [2.75, 3.05) is 31.1 Å². The number of thiophene rings is 1. The highest BCUT2D eigenvalue weighted by molar-refractivity contribution is 7.20. The maximum Gasteiger partial charge on any atom is 0.433 e. The summed E-state index contributed by atoms with van der Waals surface area (Å²) in [6.45, 7) is 1.70. The van der Waals surface area contributed by atoms with Gasteiger partial charge in [0.2, 0.25) is 0 Å². The van der Waals surface area contributed by atoms with Crippen molar-refractivity contribution in [2.45, 2.75) is 6.18 Å². The maximum atomic E-state index is 12.8. The van der Waals surface area contributed by atoms with Gasteiger partial charge in [-0.2, -0.15) is 13.2 Å². The molecule has 3 aromatic rings. The first-order valence-corrected chi connectivity index (χ1v) is 9.15. The van der Waals surface area contributed by atoms with Gasteiger partial charge in [-0.25, -0.2) is 9.97 Å². The Balaban J connectivity index is 1.45. The van der Waals surface area contributed by atoms with E-state index in [1.807, 2.05) is 30.3 Å². The van der Waals surface area contributed by atoms with Crippen LogP contribution < -0.4 is 4.90 Å². The number of halogens is 3. The number of hydrogen-bond acceptors (Lipinski definition) is 5. The fourth-order valence-corrected chi connectivity index (χ4v) is 4.09. The van der Waals surface area contributed by atoms with E-state index in [0.717, 1.165) is 22.5 Å².